The molecule has 4 heterocycles. The minimum Gasteiger partial charge on any atom is -0.465 e. The van der Waals surface area contributed by atoms with Crippen molar-refractivity contribution in [1.29, 1.82) is 0 Å². The molecule has 0 spiro atoms. The molecule has 0 aliphatic carbocycles. The van der Waals surface area contributed by atoms with Crippen LogP contribution in [0.2, 0.25) is 5.15 Å². The Balaban J connectivity index is 0.000000236. The molecule has 62 heavy (non-hydrogen) atoms. The summed E-state index contributed by atoms with van der Waals surface area (Å²) < 4.78 is 110. The highest BCUT2D eigenvalue weighted by molar-refractivity contribution is 7.91. The predicted molar refractivity (Wildman–Crippen MR) is 213 cm³/mol. The number of carbonyl (C=O) groups is 2. The zero-order valence-corrected chi connectivity index (χ0v) is 35.7. The van der Waals surface area contributed by atoms with Gasteiger partial charge in [-0.1, -0.05) is 32.4 Å². The minimum atomic E-state index is -4.28. The van der Waals surface area contributed by atoms with Gasteiger partial charge in [0, 0.05) is 55.9 Å². The number of pyridine rings is 2. The first-order valence-corrected chi connectivity index (χ1v) is 21.3. The van der Waals surface area contributed by atoms with Gasteiger partial charge in [-0.25, -0.2) is 58.3 Å². The van der Waals surface area contributed by atoms with Crippen LogP contribution in [0, 0.1) is 35.6 Å². The molecule has 0 aliphatic heterocycles. The molecule has 0 unspecified atom stereocenters. The Hall–Kier alpha value is -6.39. The summed E-state index contributed by atoms with van der Waals surface area (Å²) in [5, 5.41) is 26.1. The largest absolute Gasteiger partial charge is 0.465 e. The summed E-state index contributed by atoms with van der Waals surface area (Å²) in [6.45, 7) is 6.89. The lowest BCUT2D eigenvalue weighted by Gasteiger charge is -2.27. The second-order valence-corrected chi connectivity index (χ2v) is 18.9. The monoisotopic (exact) mass is 920 g/mol. The third kappa shape index (κ3) is 10.9. The third-order valence-electron chi connectivity index (χ3n) is 8.50. The molecule has 0 radical (unpaired) electrons. The van der Waals surface area contributed by atoms with Crippen LogP contribution in [-0.2, 0) is 32.8 Å². The van der Waals surface area contributed by atoms with Crippen molar-refractivity contribution in [3.8, 4) is 11.4 Å². The molecule has 2 amide bonds. The standard InChI is InChI=1S/C21H21ClF2N4O4S.C18H16F2N4O4S/c1-21(2,3)12-27(20(29)30)11-14-9-19(33(31,32)15-5-7-18(22)25-10-15)28(26-14)17-6-4-13(23)8-16(17)24;1-11-3-5-14(9-21-11)29(27,28)17-8-13(10-23(2)18(25)26)22-24(17)16-6-4-12(19)7-15(16)20/h4-10H,11-12H2,1-3H3,(H,29,30);3-9H,10H2,1-2H3,(H,25,26). The highest BCUT2D eigenvalue weighted by atomic mass is 35.5. The van der Waals surface area contributed by atoms with Gasteiger partial charge in [-0.2, -0.15) is 10.2 Å². The molecular formula is C39H37ClF4N8O8S2. The molecule has 0 saturated carbocycles. The van der Waals surface area contributed by atoms with Crippen LogP contribution >= 0.6 is 11.6 Å². The van der Waals surface area contributed by atoms with Crippen molar-refractivity contribution in [2.75, 3.05) is 13.6 Å². The highest BCUT2D eigenvalue weighted by Crippen LogP contribution is 2.29. The van der Waals surface area contributed by atoms with Crippen molar-refractivity contribution in [3.05, 3.63) is 131 Å². The maximum atomic E-state index is 14.6. The Bertz CT molecular complexity index is 2850. The fourth-order valence-electron chi connectivity index (χ4n) is 5.65. The topological polar surface area (TPSA) is 211 Å². The first-order valence-electron chi connectivity index (χ1n) is 17.9. The molecule has 328 valence electrons. The lowest BCUT2D eigenvalue weighted by Crippen LogP contribution is -2.36. The molecule has 0 bridgehead atoms. The highest BCUT2D eigenvalue weighted by Gasteiger charge is 2.30. The van der Waals surface area contributed by atoms with E-state index in [9.17, 15) is 49.1 Å². The van der Waals surface area contributed by atoms with Crippen molar-refractivity contribution >= 4 is 43.5 Å². The molecule has 0 saturated heterocycles. The van der Waals surface area contributed by atoms with Crippen LogP contribution in [0.1, 0.15) is 37.9 Å². The first kappa shape index (κ1) is 46.7. The van der Waals surface area contributed by atoms with Crippen LogP contribution in [0.4, 0.5) is 27.2 Å². The number of aromatic nitrogens is 6. The van der Waals surface area contributed by atoms with E-state index >= 15 is 0 Å². The summed E-state index contributed by atoms with van der Waals surface area (Å²) >= 11 is 5.74. The van der Waals surface area contributed by atoms with Crippen molar-refractivity contribution < 1.29 is 54.2 Å². The number of rotatable bonds is 11. The summed E-state index contributed by atoms with van der Waals surface area (Å²) in [4.78, 5) is 32.1. The van der Waals surface area contributed by atoms with E-state index in [0.717, 1.165) is 68.0 Å². The lowest BCUT2D eigenvalue weighted by atomic mass is 9.96. The van der Waals surface area contributed by atoms with Gasteiger partial charge in [-0.3, -0.25) is 4.98 Å². The Labute approximate surface area is 357 Å². The molecule has 0 atom stereocenters. The number of hydrogen-bond donors (Lipinski definition) is 2. The van der Waals surface area contributed by atoms with Gasteiger partial charge in [0.2, 0.25) is 19.7 Å². The van der Waals surface area contributed by atoms with E-state index in [1.807, 2.05) is 20.8 Å². The molecule has 0 fully saturated rings. The summed E-state index contributed by atoms with van der Waals surface area (Å²) in [5.41, 5.74) is -0.266. The van der Waals surface area contributed by atoms with Gasteiger partial charge in [0.1, 0.15) is 28.2 Å². The van der Waals surface area contributed by atoms with Crippen LogP contribution in [0.15, 0.2) is 105 Å². The molecule has 16 nitrogen and oxygen atoms in total. The number of sulfone groups is 2. The Morgan fingerprint density at radius 3 is 1.55 bits per heavy atom. The van der Waals surface area contributed by atoms with E-state index in [2.05, 4.69) is 20.2 Å². The van der Waals surface area contributed by atoms with Gasteiger partial charge in [-0.15, -0.1) is 0 Å². The van der Waals surface area contributed by atoms with E-state index < -0.39 is 65.2 Å². The number of benzene rings is 2. The fourth-order valence-corrected chi connectivity index (χ4v) is 8.44. The first-order chi connectivity index (χ1) is 28.9. The van der Waals surface area contributed by atoms with Gasteiger partial charge < -0.3 is 20.0 Å². The van der Waals surface area contributed by atoms with Gasteiger partial charge in [0.15, 0.2) is 21.7 Å². The smallest absolute Gasteiger partial charge is 0.407 e. The normalized spacial score (nSPS) is 11.8. The number of amides is 2. The van der Waals surface area contributed by atoms with Crippen LogP contribution in [0.5, 0.6) is 0 Å². The van der Waals surface area contributed by atoms with Crippen molar-refractivity contribution in [1.82, 2.24) is 39.3 Å². The number of halogens is 5. The quantitative estimate of drug-likeness (QED) is 0.0965. The van der Waals surface area contributed by atoms with Gasteiger partial charge in [0.05, 0.1) is 34.3 Å². The van der Waals surface area contributed by atoms with Crippen molar-refractivity contribution in [2.24, 2.45) is 5.41 Å². The van der Waals surface area contributed by atoms with Crippen LogP contribution in [-0.4, -0.2) is 92.2 Å². The molecule has 4 aromatic heterocycles. The summed E-state index contributed by atoms with van der Waals surface area (Å²) in [6.07, 6.45) is -0.274. The van der Waals surface area contributed by atoms with E-state index in [0.29, 0.717) is 17.8 Å². The summed E-state index contributed by atoms with van der Waals surface area (Å²) in [5.74, 6) is -3.75. The van der Waals surface area contributed by atoms with Gasteiger partial charge in [-0.05, 0) is 60.9 Å². The van der Waals surface area contributed by atoms with Crippen LogP contribution in [0.3, 0.4) is 0 Å². The molecule has 23 heteroatoms. The maximum absolute atomic E-state index is 14.6. The van der Waals surface area contributed by atoms with Crippen molar-refractivity contribution in [2.45, 2.75) is 60.6 Å². The Kier molecular flexibility index (Phi) is 13.8. The average Bonchev–Trinajstić information content (AvgIpc) is 3.80. The van der Waals surface area contributed by atoms with E-state index in [1.165, 1.54) is 31.3 Å². The van der Waals surface area contributed by atoms with E-state index in [4.69, 9.17) is 16.7 Å². The van der Waals surface area contributed by atoms with Crippen molar-refractivity contribution in [3.63, 3.8) is 0 Å². The summed E-state index contributed by atoms with van der Waals surface area (Å²) in [6, 6.07) is 12.9. The average molecular weight is 921 g/mol. The lowest BCUT2D eigenvalue weighted by molar-refractivity contribution is 0.122. The SMILES string of the molecule is CC(C)(C)CN(Cc1cc(S(=O)(=O)c2ccc(Cl)nc2)n(-c2ccc(F)cc2F)n1)C(=O)O.Cc1ccc(S(=O)(=O)c2cc(CN(C)C(=O)O)nn2-c2ccc(F)cc2F)cn1. The van der Waals surface area contributed by atoms with Crippen LogP contribution < -0.4 is 0 Å². The Morgan fingerprint density at radius 1 is 0.694 bits per heavy atom. The third-order valence-corrected chi connectivity index (χ3v) is 12.1. The number of aryl methyl sites for hydroxylation is 1. The zero-order chi connectivity index (χ0) is 45.9. The second-order valence-electron chi connectivity index (χ2n) is 14.8. The molecular weight excluding hydrogens is 884 g/mol. The second kappa shape index (κ2) is 18.3. The summed E-state index contributed by atoms with van der Waals surface area (Å²) in [7, 11) is -7.19. The molecule has 2 N–H and O–H groups in total. The van der Waals surface area contributed by atoms with E-state index in [-0.39, 0.29) is 62.8 Å². The molecule has 6 rings (SSSR count). The van der Waals surface area contributed by atoms with Crippen LogP contribution in [0.25, 0.3) is 11.4 Å². The zero-order valence-electron chi connectivity index (χ0n) is 33.3. The predicted octanol–water partition coefficient (Wildman–Crippen LogP) is 7.35. The number of nitrogens with zero attached hydrogens (tertiary/aromatic N) is 8. The molecule has 2 aromatic carbocycles. The maximum Gasteiger partial charge on any atom is 0.407 e. The number of carboxylic acid groups (broad SMARTS) is 2. The molecule has 0 aliphatic rings. The molecule has 6 aromatic rings. The van der Waals surface area contributed by atoms with E-state index in [1.54, 1.807) is 6.92 Å². The van der Waals surface area contributed by atoms with Gasteiger partial charge in [0.25, 0.3) is 0 Å². The Morgan fingerprint density at radius 2 is 1.16 bits per heavy atom. The fraction of sp³-hybridized carbons (Fsp3) is 0.231. The minimum absolute atomic E-state index is 0.0610. The number of hydrogen-bond acceptors (Lipinski definition) is 10. The van der Waals surface area contributed by atoms with Gasteiger partial charge >= 0.3 is 12.2 Å².